The molecule has 0 heterocycles. The number of carbonyl (C=O) groups excluding carboxylic acids is 1. The SMILES string of the molecule is C/C(=C\C=C(\Br)C(C)Cl)NC(=O)CCCl. The summed E-state index contributed by atoms with van der Waals surface area (Å²) in [5, 5.41) is 2.63. The summed E-state index contributed by atoms with van der Waals surface area (Å²) >= 11 is 14.6. The van der Waals surface area contributed by atoms with Gasteiger partial charge in [0.2, 0.25) is 5.91 Å². The Morgan fingerprint density at radius 3 is 2.60 bits per heavy atom. The number of alkyl halides is 2. The highest BCUT2D eigenvalue weighted by Crippen LogP contribution is 2.16. The monoisotopic (exact) mass is 313 g/mol. The van der Waals surface area contributed by atoms with Crippen LogP contribution >= 0.6 is 39.1 Å². The van der Waals surface area contributed by atoms with Gasteiger partial charge in [-0.05, 0) is 26.0 Å². The summed E-state index contributed by atoms with van der Waals surface area (Å²) < 4.78 is 0.870. The topological polar surface area (TPSA) is 29.1 Å². The van der Waals surface area contributed by atoms with Crippen molar-refractivity contribution in [2.75, 3.05) is 5.88 Å². The average molecular weight is 315 g/mol. The van der Waals surface area contributed by atoms with Gasteiger partial charge in [-0.1, -0.05) is 15.9 Å². The number of hydrogen-bond donors (Lipinski definition) is 1. The van der Waals surface area contributed by atoms with E-state index in [1.165, 1.54) is 0 Å². The van der Waals surface area contributed by atoms with E-state index in [0.717, 1.165) is 10.2 Å². The third-order valence-corrected chi connectivity index (χ3v) is 3.17. The molecule has 0 rings (SSSR count). The van der Waals surface area contributed by atoms with E-state index in [1.54, 1.807) is 6.08 Å². The van der Waals surface area contributed by atoms with Gasteiger partial charge in [-0.3, -0.25) is 4.79 Å². The molecule has 0 aliphatic carbocycles. The van der Waals surface area contributed by atoms with Crippen molar-refractivity contribution in [1.82, 2.24) is 5.32 Å². The lowest BCUT2D eigenvalue weighted by molar-refractivity contribution is -0.119. The lowest BCUT2D eigenvalue weighted by atomic mass is 10.3. The highest BCUT2D eigenvalue weighted by atomic mass is 79.9. The fourth-order valence-electron chi connectivity index (χ4n) is 0.747. The molecule has 2 nitrogen and oxygen atoms in total. The molecule has 0 aromatic carbocycles. The van der Waals surface area contributed by atoms with Crippen LogP contribution in [0, 0.1) is 0 Å². The summed E-state index contributed by atoms with van der Waals surface area (Å²) in [7, 11) is 0. The van der Waals surface area contributed by atoms with Gasteiger partial charge in [-0.25, -0.2) is 0 Å². The van der Waals surface area contributed by atoms with Crippen LogP contribution < -0.4 is 5.32 Å². The number of rotatable bonds is 5. The van der Waals surface area contributed by atoms with Gasteiger partial charge >= 0.3 is 0 Å². The molecule has 86 valence electrons. The molecule has 0 aromatic heterocycles. The molecule has 1 unspecified atom stereocenters. The molecule has 0 radical (unpaired) electrons. The smallest absolute Gasteiger partial charge is 0.225 e. The van der Waals surface area contributed by atoms with Crippen LogP contribution in [0.15, 0.2) is 22.3 Å². The summed E-state index contributed by atoms with van der Waals surface area (Å²) in [6.45, 7) is 3.67. The van der Waals surface area contributed by atoms with E-state index in [-0.39, 0.29) is 11.3 Å². The van der Waals surface area contributed by atoms with Gasteiger partial charge in [0, 0.05) is 22.5 Å². The number of halogens is 3. The average Bonchev–Trinajstić information content (AvgIpc) is 2.14. The molecule has 0 aliphatic heterocycles. The number of hydrogen-bond acceptors (Lipinski definition) is 1. The highest BCUT2D eigenvalue weighted by Gasteiger charge is 2.00. The van der Waals surface area contributed by atoms with Crippen LogP contribution in [0.5, 0.6) is 0 Å². The first kappa shape index (κ1) is 15.0. The molecular formula is C10H14BrCl2NO. The van der Waals surface area contributed by atoms with Crippen molar-refractivity contribution in [2.24, 2.45) is 0 Å². The maximum Gasteiger partial charge on any atom is 0.225 e. The zero-order chi connectivity index (χ0) is 11.8. The fraction of sp³-hybridized carbons (Fsp3) is 0.500. The first-order chi connectivity index (χ1) is 6.97. The number of allylic oxidation sites excluding steroid dienone is 4. The molecular weight excluding hydrogens is 301 g/mol. The molecule has 0 aliphatic rings. The normalized spacial score (nSPS) is 15.0. The quantitative estimate of drug-likeness (QED) is 0.610. The molecule has 0 spiro atoms. The first-order valence-electron chi connectivity index (χ1n) is 4.51. The third kappa shape index (κ3) is 7.88. The van der Waals surface area contributed by atoms with Crippen molar-refractivity contribution in [3.63, 3.8) is 0 Å². The van der Waals surface area contributed by atoms with Crippen LogP contribution in [0.1, 0.15) is 20.3 Å². The molecule has 0 saturated carbocycles. The minimum Gasteiger partial charge on any atom is -0.330 e. The van der Waals surface area contributed by atoms with Crippen LogP contribution in [0.2, 0.25) is 0 Å². The van der Waals surface area contributed by atoms with Crippen LogP contribution in [-0.2, 0) is 4.79 Å². The van der Waals surface area contributed by atoms with Gasteiger partial charge < -0.3 is 5.32 Å². The third-order valence-electron chi connectivity index (χ3n) is 1.53. The Labute approximate surface area is 109 Å². The molecule has 1 atom stereocenters. The zero-order valence-electron chi connectivity index (χ0n) is 8.69. The Bertz CT molecular complexity index is 275. The summed E-state index contributed by atoms with van der Waals surface area (Å²) in [4.78, 5) is 11.1. The van der Waals surface area contributed by atoms with E-state index in [9.17, 15) is 4.79 Å². The zero-order valence-corrected chi connectivity index (χ0v) is 11.8. The van der Waals surface area contributed by atoms with Crippen molar-refractivity contribution in [3.05, 3.63) is 22.3 Å². The largest absolute Gasteiger partial charge is 0.330 e. The predicted octanol–water partition coefficient (Wildman–Crippen LogP) is 3.54. The van der Waals surface area contributed by atoms with Crippen LogP contribution in [0.3, 0.4) is 0 Å². The van der Waals surface area contributed by atoms with Crippen molar-refractivity contribution in [2.45, 2.75) is 25.6 Å². The van der Waals surface area contributed by atoms with Gasteiger partial charge in [-0.2, -0.15) is 0 Å². The molecule has 1 amide bonds. The van der Waals surface area contributed by atoms with Crippen molar-refractivity contribution in [1.29, 1.82) is 0 Å². The fourth-order valence-corrected chi connectivity index (χ4v) is 1.12. The molecule has 0 fully saturated rings. The highest BCUT2D eigenvalue weighted by molar-refractivity contribution is 9.11. The first-order valence-corrected chi connectivity index (χ1v) is 6.27. The standard InChI is InChI=1S/C10H14BrCl2NO/c1-7(14-10(15)5-6-12)3-4-9(11)8(2)13/h3-4,8H,5-6H2,1-2H3,(H,14,15)/b7-3+,9-4+. The van der Waals surface area contributed by atoms with E-state index in [2.05, 4.69) is 21.2 Å². The Morgan fingerprint density at radius 2 is 2.13 bits per heavy atom. The summed E-state index contributed by atoms with van der Waals surface area (Å²) in [6.07, 6.45) is 3.92. The number of amides is 1. The molecule has 0 saturated heterocycles. The van der Waals surface area contributed by atoms with E-state index in [0.29, 0.717) is 12.3 Å². The maximum atomic E-state index is 11.1. The summed E-state index contributed by atoms with van der Waals surface area (Å²) in [6, 6.07) is 0. The van der Waals surface area contributed by atoms with Gasteiger partial charge in [0.25, 0.3) is 0 Å². The van der Waals surface area contributed by atoms with Crippen LogP contribution in [0.4, 0.5) is 0 Å². The second-order valence-electron chi connectivity index (χ2n) is 3.00. The molecule has 0 aromatic rings. The van der Waals surface area contributed by atoms with Gasteiger partial charge in [0.15, 0.2) is 0 Å². The number of nitrogens with one attached hydrogen (secondary N) is 1. The Morgan fingerprint density at radius 1 is 1.53 bits per heavy atom. The van der Waals surface area contributed by atoms with Gasteiger partial charge in [-0.15, -0.1) is 23.2 Å². The Hall–Kier alpha value is 0.01000. The van der Waals surface area contributed by atoms with Gasteiger partial charge in [0.05, 0.1) is 5.38 Å². The molecule has 15 heavy (non-hydrogen) atoms. The second-order valence-corrected chi connectivity index (χ2v) is 4.95. The van der Waals surface area contributed by atoms with E-state index in [1.807, 2.05) is 19.9 Å². The summed E-state index contributed by atoms with van der Waals surface area (Å²) in [5.74, 6) is 0.249. The van der Waals surface area contributed by atoms with Gasteiger partial charge in [0.1, 0.15) is 0 Å². The van der Waals surface area contributed by atoms with Crippen LogP contribution in [-0.4, -0.2) is 17.2 Å². The van der Waals surface area contributed by atoms with Crippen molar-refractivity contribution < 1.29 is 4.79 Å². The van der Waals surface area contributed by atoms with Crippen LogP contribution in [0.25, 0.3) is 0 Å². The second kappa shape index (κ2) is 8.20. The van der Waals surface area contributed by atoms with E-state index >= 15 is 0 Å². The number of carbonyl (C=O) groups is 1. The molecule has 5 heteroatoms. The Balaban J connectivity index is 4.21. The van der Waals surface area contributed by atoms with E-state index in [4.69, 9.17) is 23.2 Å². The lowest BCUT2D eigenvalue weighted by Gasteiger charge is -2.03. The summed E-state index contributed by atoms with van der Waals surface area (Å²) in [5.41, 5.74) is 0.763. The molecule has 1 N–H and O–H groups in total. The molecule has 0 bridgehead atoms. The van der Waals surface area contributed by atoms with E-state index < -0.39 is 0 Å². The van der Waals surface area contributed by atoms with Crippen molar-refractivity contribution in [3.8, 4) is 0 Å². The lowest BCUT2D eigenvalue weighted by Crippen LogP contribution is -2.21. The maximum absolute atomic E-state index is 11.1. The predicted molar refractivity (Wildman–Crippen MR) is 69.6 cm³/mol. The minimum absolute atomic E-state index is 0.0763. The minimum atomic E-state index is -0.0813. The van der Waals surface area contributed by atoms with Crippen molar-refractivity contribution >= 4 is 45.0 Å². The Kier molecular flexibility index (Phi) is 8.20.